The fourth-order valence-electron chi connectivity index (χ4n) is 3.65. The number of piperazine rings is 1. The van der Waals surface area contributed by atoms with Gasteiger partial charge in [0.1, 0.15) is 5.76 Å². The van der Waals surface area contributed by atoms with Crippen LogP contribution in [0, 0.1) is 0 Å². The van der Waals surface area contributed by atoms with Gasteiger partial charge in [0, 0.05) is 32.2 Å². The molecule has 2 aromatic rings. The van der Waals surface area contributed by atoms with E-state index < -0.39 is 23.1 Å². The standard InChI is InChI=1S/C22H26N2O8/c1-30-19-4-3-14(9-17(19)26)16(11-20(28)31-2)22-21(29)18(27)10-15(32-22)12-23-5-7-24(13-25)8-6-23/h3-4,9-10,13,16,26,29H,5-8,11-12H2,1-2H3/t16-/m1/s1. The lowest BCUT2D eigenvalue weighted by Gasteiger charge is -2.32. The minimum absolute atomic E-state index is 0.0889. The molecule has 0 saturated carbocycles. The average Bonchev–Trinajstić information content (AvgIpc) is 2.80. The van der Waals surface area contributed by atoms with Crippen molar-refractivity contribution in [1.29, 1.82) is 0 Å². The van der Waals surface area contributed by atoms with Crippen molar-refractivity contribution in [2.75, 3.05) is 40.4 Å². The Hall–Kier alpha value is -3.53. The van der Waals surface area contributed by atoms with Crippen LogP contribution in [-0.4, -0.2) is 72.8 Å². The van der Waals surface area contributed by atoms with Gasteiger partial charge in [-0.25, -0.2) is 0 Å². The van der Waals surface area contributed by atoms with Crippen molar-refractivity contribution in [2.24, 2.45) is 0 Å². The molecule has 1 aromatic heterocycles. The molecule has 1 saturated heterocycles. The van der Waals surface area contributed by atoms with Gasteiger partial charge >= 0.3 is 5.97 Å². The molecule has 0 radical (unpaired) electrons. The minimum atomic E-state index is -0.876. The first kappa shape index (κ1) is 23.1. The summed E-state index contributed by atoms with van der Waals surface area (Å²) in [7, 11) is 2.64. The predicted octanol–water partition coefficient (Wildman–Crippen LogP) is 1.03. The van der Waals surface area contributed by atoms with Crippen LogP contribution in [0.1, 0.15) is 29.4 Å². The monoisotopic (exact) mass is 446 g/mol. The third-order valence-electron chi connectivity index (χ3n) is 5.46. The number of benzene rings is 1. The van der Waals surface area contributed by atoms with Gasteiger partial charge in [0.05, 0.1) is 33.1 Å². The lowest BCUT2D eigenvalue weighted by atomic mass is 9.92. The highest BCUT2D eigenvalue weighted by molar-refractivity contribution is 5.71. The molecular formula is C22H26N2O8. The quantitative estimate of drug-likeness (QED) is 0.451. The molecule has 2 N–H and O–H groups in total. The molecule has 10 heteroatoms. The Bertz CT molecular complexity index is 1030. The van der Waals surface area contributed by atoms with Gasteiger partial charge in [0.25, 0.3) is 0 Å². The Morgan fingerprint density at radius 3 is 2.50 bits per heavy atom. The van der Waals surface area contributed by atoms with E-state index in [-0.39, 0.29) is 23.7 Å². The van der Waals surface area contributed by atoms with Gasteiger partial charge < -0.3 is 29.0 Å². The van der Waals surface area contributed by atoms with Gasteiger partial charge in [-0.15, -0.1) is 0 Å². The maximum atomic E-state index is 12.5. The van der Waals surface area contributed by atoms with Gasteiger partial charge in [0.15, 0.2) is 17.3 Å². The zero-order chi connectivity index (χ0) is 23.3. The summed E-state index contributed by atoms with van der Waals surface area (Å²) >= 11 is 0. The number of carbonyl (C=O) groups excluding carboxylic acids is 2. The number of rotatable bonds is 8. The summed E-state index contributed by atoms with van der Waals surface area (Å²) in [5.41, 5.74) is -0.204. The van der Waals surface area contributed by atoms with Crippen LogP contribution in [0.5, 0.6) is 17.2 Å². The highest BCUT2D eigenvalue weighted by Crippen LogP contribution is 2.37. The van der Waals surface area contributed by atoms with Crippen LogP contribution in [0.4, 0.5) is 0 Å². The molecule has 0 bridgehead atoms. The van der Waals surface area contributed by atoms with Crippen LogP contribution in [-0.2, 0) is 20.9 Å². The molecule has 0 spiro atoms. The van der Waals surface area contributed by atoms with Crippen molar-refractivity contribution in [3.05, 3.63) is 51.6 Å². The highest BCUT2D eigenvalue weighted by Gasteiger charge is 2.28. The summed E-state index contributed by atoms with van der Waals surface area (Å²) < 4.78 is 15.7. The lowest BCUT2D eigenvalue weighted by molar-refractivity contribution is -0.141. The number of esters is 1. The Balaban J connectivity index is 1.96. The van der Waals surface area contributed by atoms with E-state index in [4.69, 9.17) is 13.9 Å². The summed E-state index contributed by atoms with van der Waals surface area (Å²) in [6.45, 7) is 2.64. The molecule has 1 fully saturated rings. The number of phenols is 1. The number of aromatic hydroxyl groups is 2. The van der Waals surface area contributed by atoms with Crippen LogP contribution in [0.15, 0.2) is 33.5 Å². The zero-order valence-electron chi connectivity index (χ0n) is 17.9. The van der Waals surface area contributed by atoms with E-state index in [1.165, 1.54) is 32.4 Å². The maximum Gasteiger partial charge on any atom is 0.306 e. The molecule has 10 nitrogen and oxygen atoms in total. The number of carbonyl (C=O) groups is 2. The predicted molar refractivity (Wildman–Crippen MR) is 113 cm³/mol. The third kappa shape index (κ3) is 5.20. The molecular weight excluding hydrogens is 420 g/mol. The number of amides is 1. The molecule has 2 heterocycles. The summed E-state index contributed by atoms with van der Waals surface area (Å²) in [5, 5.41) is 20.7. The molecule has 1 amide bonds. The second-order valence-corrected chi connectivity index (χ2v) is 7.47. The van der Waals surface area contributed by atoms with Crippen molar-refractivity contribution in [3.8, 4) is 17.2 Å². The Morgan fingerprint density at radius 2 is 1.91 bits per heavy atom. The number of hydrogen-bond donors (Lipinski definition) is 2. The van der Waals surface area contributed by atoms with Crippen LogP contribution < -0.4 is 10.2 Å². The molecule has 1 aromatic carbocycles. The lowest BCUT2D eigenvalue weighted by Crippen LogP contribution is -2.45. The Kier molecular flexibility index (Phi) is 7.37. The average molecular weight is 446 g/mol. The minimum Gasteiger partial charge on any atom is -0.504 e. The van der Waals surface area contributed by atoms with Crippen LogP contribution in [0.25, 0.3) is 0 Å². The number of methoxy groups -OCH3 is 2. The number of nitrogens with zero attached hydrogens (tertiary/aromatic N) is 2. The molecule has 172 valence electrons. The van der Waals surface area contributed by atoms with Gasteiger partial charge in [-0.1, -0.05) is 6.07 Å². The maximum absolute atomic E-state index is 12.5. The van der Waals surface area contributed by atoms with E-state index in [1.807, 2.05) is 4.90 Å². The zero-order valence-corrected chi connectivity index (χ0v) is 17.9. The summed E-state index contributed by atoms with van der Waals surface area (Å²) in [4.78, 5) is 39.2. The molecule has 0 unspecified atom stereocenters. The first-order valence-electron chi connectivity index (χ1n) is 10.1. The first-order chi connectivity index (χ1) is 15.4. The van der Waals surface area contributed by atoms with Crippen molar-refractivity contribution >= 4 is 12.4 Å². The Labute approximate surface area is 184 Å². The molecule has 3 rings (SSSR count). The van der Waals surface area contributed by atoms with Gasteiger partial charge in [-0.2, -0.15) is 0 Å². The van der Waals surface area contributed by atoms with E-state index in [0.29, 0.717) is 44.0 Å². The number of hydrogen-bond acceptors (Lipinski definition) is 9. The molecule has 32 heavy (non-hydrogen) atoms. The molecule has 1 aliphatic rings. The highest BCUT2D eigenvalue weighted by atomic mass is 16.5. The normalized spacial score (nSPS) is 15.2. The summed E-state index contributed by atoms with van der Waals surface area (Å²) in [6.07, 6.45) is 0.581. The smallest absolute Gasteiger partial charge is 0.306 e. The van der Waals surface area contributed by atoms with E-state index in [0.717, 1.165) is 6.41 Å². The summed E-state index contributed by atoms with van der Waals surface area (Å²) in [6, 6.07) is 5.72. The number of ether oxygens (including phenoxy) is 2. The van der Waals surface area contributed by atoms with E-state index in [1.54, 1.807) is 11.0 Å². The van der Waals surface area contributed by atoms with E-state index in [9.17, 15) is 24.6 Å². The van der Waals surface area contributed by atoms with Crippen molar-refractivity contribution in [3.63, 3.8) is 0 Å². The van der Waals surface area contributed by atoms with Crippen LogP contribution in [0.3, 0.4) is 0 Å². The van der Waals surface area contributed by atoms with Crippen molar-refractivity contribution < 1.29 is 33.7 Å². The topological polar surface area (TPSA) is 130 Å². The first-order valence-corrected chi connectivity index (χ1v) is 10.1. The van der Waals surface area contributed by atoms with Gasteiger partial charge in [-0.05, 0) is 17.7 Å². The van der Waals surface area contributed by atoms with Crippen LogP contribution >= 0.6 is 0 Å². The second kappa shape index (κ2) is 10.2. The molecule has 1 aliphatic heterocycles. The van der Waals surface area contributed by atoms with Gasteiger partial charge in [-0.3, -0.25) is 19.3 Å². The second-order valence-electron chi connectivity index (χ2n) is 7.47. The Morgan fingerprint density at radius 1 is 1.19 bits per heavy atom. The van der Waals surface area contributed by atoms with Crippen molar-refractivity contribution in [1.82, 2.24) is 9.80 Å². The third-order valence-corrected chi connectivity index (χ3v) is 5.46. The van der Waals surface area contributed by atoms with Crippen LogP contribution in [0.2, 0.25) is 0 Å². The fraction of sp³-hybridized carbons (Fsp3) is 0.409. The largest absolute Gasteiger partial charge is 0.504 e. The summed E-state index contributed by atoms with van der Waals surface area (Å²) in [5.74, 6) is -1.76. The number of phenolic OH excluding ortho intramolecular Hbond substituents is 1. The van der Waals surface area contributed by atoms with Crippen molar-refractivity contribution in [2.45, 2.75) is 18.9 Å². The SMILES string of the molecule is COC(=O)C[C@H](c1ccc(OC)c(O)c1)c1oc(CN2CCN(C=O)CC2)cc(=O)c1O. The molecule has 1 atom stereocenters. The fourth-order valence-corrected chi connectivity index (χ4v) is 3.65. The molecule has 0 aliphatic carbocycles. The van der Waals surface area contributed by atoms with E-state index in [2.05, 4.69) is 0 Å². The van der Waals surface area contributed by atoms with Gasteiger partial charge in [0.2, 0.25) is 17.6 Å². The van der Waals surface area contributed by atoms with E-state index >= 15 is 0 Å².